The Bertz CT molecular complexity index is 1070. The lowest BCUT2D eigenvalue weighted by molar-refractivity contribution is -0.123. The van der Waals surface area contributed by atoms with Gasteiger partial charge in [-0.15, -0.1) is 6.58 Å². The highest BCUT2D eigenvalue weighted by molar-refractivity contribution is 6.11. The molecular formula is C21H18FN3O. The largest absolute Gasteiger partial charge is 0.356 e. The molecule has 5 heteroatoms. The number of fused-ring (bicyclic) bond motifs is 6. The quantitative estimate of drug-likeness (QED) is 0.699. The van der Waals surface area contributed by atoms with E-state index in [1.807, 2.05) is 24.3 Å². The lowest BCUT2D eigenvalue weighted by atomic mass is 9.82. The van der Waals surface area contributed by atoms with E-state index in [0.717, 1.165) is 39.8 Å². The van der Waals surface area contributed by atoms with Crippen LogP contribution in [0.15, 0.2) is 55.1 Å². The van der Waals surface area contributed by atoms with Gasteiger partial charge in [-0.2, -0.15) is 0 Å². The molecule has 2 N–H and O–H groups in total. The predicted octanol–water partition coefficient (Wildman–Crippen LogP) is 3.23. The first-order valence-electron chi connectivity index (χ1n) is 8.75. The third-order valence-corrected chi connectivity index (χ3v) is 5.48. The van der Waals surface area contributed by atoms with E-state index in [2.05, 4.69) is 16.9 Å². The Balaban J connectivity index is 1.82. The van der Waals surface area contributed by atoms with Gasteiger partial charge in [-0.3, -0.25) is 10.1 Å². The summed E-state index contributed by atoms with van der Waals surface area (Å²) in [5.41, 5.74) is 3.56. The Labute approximate surface area is 150 Å². The minimum absolute atomic E-state index is 0.0217. The number of carbonyl (C=O) groups excluding carboxylic acids is 1. The van der Waals surface area contributed by atoms with Crippen LogP contribution in [-0.2, 0) is 16.8 Å². The van der Waals surface area contributed by atoms with E-state index < -0.39 is 5.54 Å². The van der Waals surface area contributed by atoms with Gasteiger partial charge in [-0.1, -0.05) is 24.3 Å². The fourth-order valence-electron chi connectivity index (χ4n) is 4.44. The number of halogens is 1. The highest BCUT2D eigenvalue weighted by atomic mass is 19.1. The molecule has 0 radical (unpaired) electrons. The summed E-state index contributed by atoms with van der Waals surface area (Å²) in [4.78, 5) is 18.7. The summed E-state index contributed by atoms with van der Waals surface area (Å²) >= 11 is 0. The van der Waals surface area contributed by atoms with Crippen LogP contribution in [0.5, 0.6) is 0 Å². The summed E-state index contributed by atoms with van der Waals surface area (Å²) in [6.45, 7) is 4.89. The van der Waals surface area contributed by atoms with Crippen molar-refractivity contribution in [3.63, 3.8) is 0 Å². The Morgan fingerprint density at radius 1 is 1.27 bits per heavy atom. The molecule has 0 fully saturated rings. The topological polar surface area (TPSA) is 48.1 Å². The van der Waals surface area contributed by atoms with Crippen molar-refractivity contribution in [1.29, 1.82) is 0 Å². The number of anilines is 1. The number of hydrogen-bond donors (Lipinski definition) is 2. The number of rotatable bonds is 2. The molecule has 3 aromatic rings. The van der Waals surface area contributed by atoms with Crippen molar-refractivity contribution in [2.45, 2.75) is 12.0 Å². The fraction of sp³-hybridized carbons (Fsp3) is 0.190. The third-order valence-electron chi connectivity index (χ3n) is 5.48. The first-order valence-corrected chi connectivity index (χ1v) is 8.75. The van der Waals surface area contributed by atoms with E-state index in [-0.39, 0.29) is 11.7 Å². The molecule has 2 aliphatic heterocycles. The number of benzene rings is 2. The molecule has 4 nitrogen and oxygen atoms in total. The van der Waals surface area contributed by atoms with Crippen molar-refractivity contribution < 1.29 is 9.18 Å². The Hall–Kier alpha value is -2.92. The molecule has 1 unspecified atom stereocenters. The van der Waals surface area contributed by atoms with Gasteiger partial charge in [0.15, 0.2) is 5.54 Å². The summed E-state index contributed by atoms with van der Waals surface area (Å²) < 4.78 is 13.8. The number of carbonyl (C=O) groups is 1. The first-order chi connectivity index (χ1) is 12.7. The molecular weight excluding hydrogens is 329 g/mol. The van der Waals surface area contributed by atoms with Gasteiger partial charge in [0.25, 0.3) is 5.91 Å². The molecule has 0 saturated carbocycles. The Morgan fingerprint density at radius 2 is 2.12 bits per heavy atom. The van der Waals surface area contributed by atoms with Crippen LogP contribution >= 0.6 is 0 Å². The molecule has 0 aliphatic carbocycles. The van der Waals surface area contributed by atoms with Gasteiger partial charge in [0.1, 0.15) is 5.82 Å². The summed E-state index contributed by atoms with van der Waals surface area (Å²) in [7, 11) is 0. The van der Waals surface area contributed by atoms with Crippen LogP contribution in [0, 0.1) is 5.82 Å². The smallest absolute Gasteiger partial charge is 0.258 e. The molecule has 1 spiro atoms. The predicted molar refractivity (Wildman–Crippen MR) is 99.7 cm³/mol. The van der Waals surface area contributed by atoms with Gasteiger partial charge in [-0.25, -0.2) is 4.39 Å². The van der Waals surface area contributed by atoms with E-state index >= 15 is 0 Å². The number of nitrogens with zero attached hydrogens (tertiary/aromatic N) is 1. The fourth-order valence-corrected chi connectivity index (χ4v) is 4.44. The van der Waals surface area contributed by atoms with E-state index in [0.29, 0.717) is 13.1 Å². The van der Waals surface area contributed by atoms with Crippen LogP contribution in [0.4, 0.5) is 10.1 Å². The molecule has 130 valence electrons. The molecule has 0 saturated heterocycles. The summed E-state index contributed by atoms with van der Waals surface area (Å²) in [6, 6.07) is 12.6. The number of nitrogens with one attached hydrogen (secondary N) is 2. The summed E-state index contributed by atoms with van der Waals surface area (Å²) in [5.74, 6) is -0.287. The molecule has 0 bridgehead atoms. The maximum absolute atomic E-state index is 13.8. The Morgan fingerprint density at radius 3 is 2.96 bits per heavy atom. The molecule has 2 aliphatic rings. The molecule has 3 heterocycles. The SMILES string of the molecule is C=CCN1C(=O)C2(NCCc3c2[nH]c2ccc(F)cc32)c2ccccc21. The maximum Gasteiger partial charge on any atom is 0.258 e. The number of para-hydroxylation sites is 1. The zero-order valence-electron chi connectivity index (χ0n) is 14.2. The van der Waals surface area contributed by atoms with Crippen molar-refractivity contribution in [3.05, 3.63) is 77.8 Å². The Kier molecular flexibility index (Phi) is 3.12. The molecule has 26 heavy (non-hydrogen) atoms. The minimum Gasteiger partial charge on any atom is -0.356 e. The van der Waals surface area contributed by atoms with Crippen LogP contribution < -0.4 is 10.2 Å². The first kappa shape index (κ1) is 15.3. The maximum atomic E-state index is 13.8. The van der Waals surface area contributed by atoms with Crippen molar-refractivity contribution in [3.8, 4) is 0 Å². The van der Waals surface area contributed by atoms with Gasteiger partial charge in [0.2, 0.25) is 0 Å². The normalized spacial score (nSPS) is 21.3. The van der Waals surface area contributed by atoms with Crippen LogP contribution in [-0.4, -0.2) is 24.0 Å². The molecule has 1 atom stereocenters. The number of aromatic amines is 1. The zero-order chi connectivity index (χ0) is 17.9. The molecule has 1 amide bonds. The number of H-pyrrole nitrogens is 1. The van der Waals surface area contributed by atoms with Crippen molar-refractivity contribution in [2.75, 3.05) is 18.0 Å². The summed E-state index contributed by atoms with van der Waals surface area (Å²) in [6.07, 6.45) is 2.48. The number of aromatic nitrogens is 1. The lowest BCUT2D eigenvalue weighted by Gasteiger charge is -2.34. The van der Waals surface area contributed by atoms with Crippen molar-refractivity contribution >= 4 is 22.5 Å². The highest BCUT2D eigenvalue weighted by Crippen LogP contribution is 2.47. The van der Waals surface area contributed by atoms with Crippen LogP contribution in [0.3, 0.4) is 0 Å². The van der Waals surface area contributed by atoms with Gasteiger partial charge in [0.05, 0.1) is 11.4 Å². The minimum atomic E-state index is -0.956. The monoisotopic (exact) mass is 347 g/mol. The van der Waals surface area contributed by atoms with Crippen molar-refractivity contribution in [2.24, 2.45) is 0 Å². The molecule has 5 rings (SSSR count). The molecule has 2 aromatic carbocycles. The average molecular weight is 347 g/mol. The zero-order valence-corrected chi connectivity index (χ0v) is 14.2. The second kappa shape index (κ2) is 5.29. The second-order valence-corrected chi connectivity index (χ2v) is 6.82. The third kappa shape index (κ3) is 1.78. The van der Waals surface area contributed by atoms with Gasteiger partial charge < -0.3 is 9.88 Å². The standard InChI is InChI=1S/C21H18FN3O/c1-2-11-25-18-6-4-3-5-16(18)21(20(25)26)19-14(9-10-23-21)15-12-13(22)7-8-17(15)24-19/h2-8,12,23-24H,1,9-11H2. The van der Waals surface area contributed by atoms with Crippen LogP contribution in [0.1, 0.15) is 16.8 Å². The molecule has 1 aromatic heterocycles. The van der Waals surface area contributed by atoms with E-state index in [1.165, 1.54) is 6.07 Å². The number of amides is 1. The van der Waals surface area contributed by atoms with Crippen molar-refractivity contribution in [1.82, 2.24) is 10.3 Å². The van der Waals surface area contributed by atoms with Crippen LogP contribution in [0.25, 0.3) is 10.9 Å². The van der Waals surface area contributed by atoms with Crippen LogP contribution in [0.2, 0.25) is 0 Å². The van der Waals surface area contributed by atoms with Gasteiger partial charge in [0, 0.05) is 29.6 Å². The van der Waals surface area contributed by atoms with E-state index in [1.54, 1.807) is 23.1 Å². The average Bonchev–Trinajstić information content (AvgIpc) is 3.13. The summed E-state index contributed by atoms with van der Waals surface area (Å²) in [5, 5.41) is 4.33. The number of hydrogen-bond acceptors (Lipinski definition) is 2. The van der Waals surface area contributed by atoms with E-state index in [4.69, 9.17) is 0 Å². The van der Waals surface area contributed by atoms with Gasteiger partial charge in [-0.05, 0) is 36.2 Å². The lowest BCUT2D eigenvalue weighted by Crippen LogP contribution is -2.55. The van der Waals surface area contributed by atoms with Gasteiger partial charge >= 0.3 is 0 Å². The second-order valence-electron chi connectivity index (χ2n) is 6.82. The highest BCUT2D eigenvalue weighted by Gasteiger charge is 2.54. The van der Waals surface area contributed by atoms with E-state index in [9.17, 15) is 9.18 Å².